The van der Waals surface area contributed by atoms with Crippen LogP contribution in [0.2, 0.25) is 0 Å². The maximum absolute atomic E-state index is 12.9. The maximum atomic E-state index is 12.9. The standard InChI is InChI=1S/C23H17NO4S3/c1-27-18-12-16(9-10-17(18)28-22(26)19-8-5-11-30-19)13-20-21(25)24(23(29)31-20)14-15-6-3-2-4-7-15/h2-13H,14H2,1H3/b20-13+. The van der Waals surface area contributed by atoms with E-state index < -0.39 is 5.97 Å². The summed E-state index contributed by atoms with van der Waals surface area (Å²) in [6.45, 7) is 0.434. The molecule has 1 aliphatic rings. The summed E-state index contributed by atoms with van der Waals surface area (Å²) in [7, 11) is 1.50. The zero-order valence-corrected chi connectivity index (χ0v) is 18.9. The van der Waals surface area contributed by atoms with E-state index in [0.29, 0.717) is 32.1 Å². The molecule has 1 aliphatic heterocycles. The number of hydrogen-bond donors (Lipinski definition) is 0. The number of esters is 1. The first-order valence-electron chi connectivity index (χ1n) is 9.28. The van der Waals surface area contributed by atoms with Crippen molar-refractivity contribution in [1.29, 1.82) is 0 Å². The monoisotopic (exact) mass is 467 g/mol. The quantitative estimate of drug-likeness (QED) is 0.210. The molecule has 1 amide bonds. The van der Waals surface area contributed by atoms with Gasteiger partial charge in [0.15, 0.2) is 11.5 Å². The average molecular weight is 468 g/mol. The molecule has 156 valence electrons. The summed E-state index contributed by atoms with van der Waals surface area (Å²) in [4.78, 5) is 27.7. The predicted molar refractivity (Wildman–Crippen MR) is 127 cm³/mol. The SMILES string of the molecule is COc1cc(/C=C2/SC(=S)N(Cc3ccccc3)C2=O)ccc1OC(=O)c1cccs1. The topological polar surface area (TPSA) is 55.8 Å². The number of benzene rings is 2. The Balaban J connectivity index is 1.52. The van der Waals surface area contributed by atoms with Gasteiger partial charge in [0.1, 0.15) is 9.20 Å². The van der Waals surface area contributed by atoms with Crippen LogP contribution in [0, 0.1) is 0 Å². The highest BCUT2D eigenvalue weighted by atomic mass is 32.2. The van der Waals surface area contributed by atoms with Crippen molar-refractivity contribution < 1.29 is 19.1 Å². The highest BCUT2D eigenvalue weighted by molar-refractivity contribution is 8.26. The summed E-state index contributed by atoms with van der Waals surface area (Å²) >= 11 is 7.99. The molecule has 4 rings (SSSR count). The van der Waals surface area contributed by atoms with Gasteiger partial charge in [0.05, 0.1) is 18.6 Å². The first kappa shape index (κ1) is 21.3. The second-order valence-corrected chi connectivity index (χ2v) is 9.15. The third-order valence-corrected chi connectivity index (χ3v) is 6.70. The lowest BCUT2D eigenvalue weighted by Gasteiger charge is -2.14. The van der Waals surface area contributed by atoms with Crippen LogP contribution in [0.4, 0.5) is 0 Å². The number of hydrogen-bond acceptors (Lipinski definition) is 7. The molecule has 3 aromatic rings. The van der Waals surface area contributed by atoms with Gasteiger partial charge in [-0.3, -0.25) is 9.69 Å². The van der Waals surface area contributed by atoms with Crippen LogP contribution in [-0.2, 0) is 11.3 Å². The van der Waals surface area contributed by atoms with Crippen molar-refractivity contribution in [3.8, 4) is 11.5 Å². The summed E-state index contributed by atoms with van der Waals surface area (Å²) in [6, 6.07) is 18.4. The Kier molecular flexibility index (Phi) is 6.50. The molecule has 0 radical (unpaired) electrons. The number of ether oxygens (including phenoxy) is 2. The van der Waals surface area contributed by atoms with E-state index in [9.17, 15) is 9.59 Å². The van der Waals surface area contributed by atoms with Gasteiger partial charge >= 0.3 is 5.97 Å². The zero-order chi connectivity index (χ0) is 21.8. The molecular formula is C23H17NO4S3. The number of thiophene rings is 1. The van der Waals surface area contributed by atoms with E-state index in [0.717, 1.165) is 11.1 Å². The summed E-state index contributed by atoms with van der Waals surface area (Å²) in [5.74, 6) is 0.141. The van der Waals surface area contributed by atoms with Gasteiger partial charge in [-0.25, -0.2) is 4.79 Å². The van der Waals surface area contributed by atoms with Crippen molar-refractivity contribution in [1.82, 2.24) is 4.90 Å². The minimum absolute atomic E-state index is 0.133. The van der Waals surface area contributed by atoms with E-state index in [4.69, 9.17) is 21.7 Å². The largest absolute Gasteiger partial charge is 0.493 e. The van der Waals surface area contributed by atoms with Crippen molar-refractivity contribution in [2.24, 2.45) is 0 Å². The smallest absolute Gasteiger partial charge is 0.353 e. The zero-order valence-electron chi connectivity index (χ0n) is 16.4. The minimum Gasteiger partial charge on any atom is -0.493 e. The Hall–Kier alpha value is -2.94. The van der Waals surface area contributed by atoms with Gasteiger partial charge in [-0.1, -0.05) is 66.4 Å². The van der Waals surface area contributed by atoms with Gasteiger partial charge < -0.3 is 9.47 Å². The average Bonchev–Trinajstić information content (AvgIpc) is 3.41. The van der Waals surface area contributed by atoms with Crippen molar-refractivity contribution in [3.63, 3.8) is 0 Å². The fourth-order valence-electron chi connectivity index (χ4n) is 2.96. The number of carbonyl (C=O) groups excluding carboxylic acids is 2. The third-order valence-electron chi connectivity index (χ3n) is 4.47. The number of rotatable bonds is 6. The molecule has 0 saturated carbocycles. The Morgan fingerprint density at radius 2 is 1.90 bits per heavy atom. The van der Waals surface area contributed by atoms with Crippen LogP contribution in [0.5, 0.6) is 11.5 Å². The highest BCUT2D eigenvalue weighted by Gasteiger charge is 2.32. The summed E-state index contributed by atoms with van der Waals surface area (Å²) < 4.78 is 11.4. The van der Waals surface area contributed by atoms with E-state index in [1.807, 2.05) is 35.7 Å². The number of methoxy groups -OCH3 is 1. The Bertz CT molecular complexity index is 1160. The van der Waals surface area contributed by atoms with Crippen molar-refractivity contribution in [2.75, 3.05) is 7.11 Å². The summed E-state index contributed by atoms with van der Waals surface area (Å²) in [5, 5.41) is 1.81. The van der Waals surface area contributed by atoms with E-state index in [1.165, 1.54) is 30.2 Å². The molecule has 31 heavy (non-hydrogen) atoms. The van der Waals surface area contributed by atoms with E-state index in [2.05, 4.69) is 0 Å². The molecule has 0 aliphatic carbocycles. The molecule has 0 atom stereocenters. The molecular weight excluding hydrogens is 450 g/mol. The van der Waals surface area contributed by atoms with Gasteiger partial charge in [0.2, 0.25) is 0 Å². The molecule has 5 nitrogen and oxygen atoms in total. The highest BCUT2D eigenvalue weighted by Crippen LogP contribution is 2.35. The van der Waals surface area contributed by atoms with Gasteiger partial charge in [-0.05, 0) is 40.8 Å². The van der Waals surface area contributed by atoms with E-state index >= 15 is 0 Å². The second-order valence-electron chi connectivity index (χ2n) is 6.53. The predicted octanol–water partition coefficient (Wildman–Crippen LogP) is 5.38. The normalized spacial score (nSPS) is 14.9. The van der Waals surface area contributed by atoms with Crippen LogP contribution in [0.15, 0.2) is 70.9 Å². The molecule has 2 aromatic carbocycles. The van der Waals surface area contributed by atoms with Gasteiger partial charge in [-0.15, -0.1) is 11.3 Å². The molecule has 8 heteroatoms. The number of carbonyl (C=O) groups is 2. The van der Waals surface area contributed by atoms with Crippen LogP contribution in [0.3, 0.4) is 0 Å². The first-order valence-corrected chi connectivity index (χ1v) is 11.4. The summed E-state index contributed by atoms with van der Waals surface area (Å²) in [5.41, 5.74) is 1.76. The molecule has 2 heterocycles. The van der Waals surface area contributed by atoms with E-state index in [1.54, 1.807) is 41.3 Å². The molecule has 0 bridgehead atoms. The number of thioether (sulfide) groups is 1. The van der Waals surface area contributed by atoms with Crippen molar-refractivity contribution in [3.05, 3.63) is 87.0 Å². The van der Waals surface area contributed by atoms with Crippen molar-refractivity contribution in [2.45, 2.75) is 6.54 Å². The number of thiocarbonyl (C=S) groups is 1. The minimum atomic E-state index is -0.442. The maximum Gasteiger partial charge on any atom is 0.353 e. The van der Waals surface area contributed by atoms with Crippen molar-refractivity contribution >= 4 is 57.6 Å². The molecule has 0 spiro atoms. The number of amides is 1. The van der Waals surface area contributed by atoms with Gasteiger partial charge in [0.25, 0.3) is 5.91 Å². The van der Waals surface area contributed by atoms with Crippen LogP contribution in [-0.4, -0.2) is 28.2 Å². The van der Waals surface area contributed by atoms with Gasteiger partial charge in [0, 0.05) is 0 Å². The summed E-state index contributed by atoms with van der Waals surface area (Å²) in [6.07, 6.45) is 1.76. The molecule has 1 fully saturated rings. The lowest BCUT2D eigenvalue weighted by atomic mass is 10.1. The van der Waals surface area contributed by atoms with Crippen LogP contribution >= 0.6 is 35.3 Å². The third kappa shape index (κ3) is 4.87. The van der Waals surface area contributed by atoms with Gasteiger partial charge in [-0.2, -0.15) is 0 Å². The first-order chi connectivity index (χ1) is 15.0. The fourth-order valence-corrected chi connectivity index (χ4v) is 4.81. The number of nitrogens with zero attached hydrogens (tertiary/aromatic N) is 1. The van der Waals surface area contributed by atoms with E-state index in [-0.39, 0.29) is 5.91 Å². The Morgan fingerprint density at radius 3 is 2.61 bits per heavy atom. The fraction of sp³-hybridized carbons (Fsp3) is 0.0870. The van der Waals surface area contributed by atoms with Crippen LogP contribution in [0.1, 0.15) is 20.8 Å². The molecule has 0 N–H and O–H groups in total. The molecule has 1 saturated heterocycles. The molecule has 1 aromatic heterocycles. The lowest BCUT2D eigenvalue weighted by Crippen LogP contribution is -2.27. The molecule has 0 unspecified atom stereocenters. The Morgan fingerprint density at radius 1 is 1.10 bits per heavy atom. The van der Waals surface area contributed by atoms with Crippen LogP contribution in [0.25, 0.3) is 6.08 Å². The Labute approximate surface area is 193 Å². The van der Waals surface area contributed by atoms with Crippen LogP contribution < -0.4 is 9.47 Å². The lowest BCUT2D eigenvalue weighted by molar-refractivity contribution is -0.122. The second kappa shape index (κ2) is 9.47.